The Labute approximate surface area is 156 Å². The average Bonchev–Trinajstić information content (AvgIpc) is 2.64. The van der Waals surface area contributed by atoms with Crippen LogP contribution in [0, 0.1) is 5.92 Å². The number of likely N-dealkylation sites (N-methyl/N-ethyl adjacent to an activating group) is 1. The molecule has 2 amide bonds. The SMILES string of the molecule is C[C@@H]1CN(Cc2ccccc2)CC[C@@H]1N(C)C(=O)CN1CCNCC1=O. The molecule has 0 bridgehead atoms. The van der Waals surface area contributed by atoms with Gasteiger partial charge in [0.15, 0.2) is 0 Å². The number of carbonyl (C=O) groups excluding carboxylic acids is 2. The fourth-order valence-electron chi connectivity index (χ4n) is 4.05. The molecular weight excluding hydrogens is 328 g/mol. The molecule has 2 saturated heterocycles. The van der Waals surface area contributed by atoms with Crippen molar-refractivity contribution in [3.8, 4) is 0 Å². The number of amides is 2. The quantitative estimate of drug-likeness (QED) is 0.845. The Morgan fingerprint density at radius 3 is 2.73 bits per heavy atom. The number of carbonyl (C=O) groups is 2. The van der Waals surface area contributed by atoms with Crippen LogP contribution >= 0.6 is 0 Å². The summed E-state index contributed by atoms with van der Waals surface area (Å²) in [6.07, 6.45) is 0.978. The zero-order valence-corrected chi connectivity index (χ0v) is 15.9. The molecule has 6 nitrogen and oxygen atoms in total. The van der Waals surface area contributed by atoms with Gasteiger partial charge in [0.2, 0.25) is 11.8 Å². The van der Waals surface area contributed by atoms with Crippen LogP contribution in [0.15, 0.2) is 30.3 Å². The highest BCUT2D eigenvalue weighted by atomic mass is 16.2. The fourth-order valence-corrected chi connectivity index (χ4v) is 4.05. The Balaban J connectivity index is 1.51. The topological polar surface area (TPSA) is 55.9 Å². The zero-order chi connectivity index (χ0) is 18.5. The Bertz CT molecular complexity index is 621. The lowest BCUT2D eigenvalue weighted by atomic mass is 9.92. The van der Waals surface area contributed by atoms with E-state index in [2.05, 4.69) is 41.4 Å². The number of rotatable bonds is 5. The Morgan fingerprint density at radius 1 is 1.27 bits per heavy atom. The average molecular weight is 358 g/mol. The molecule has 26 heavy (non-hydrogen) atoms. The molecule has 1 N–H and O–H groups in total. The zero-order valence-electron chi connectivity index (χ0n) is 15.9. The number of nitrogens with one attached hydrogen (secondary N) is 1. The Hall–Kier alpha value is -1.92. The lowest BCUT2D eigenvalue weighted by Crippen LogP contribution is -2.55. The van der Waals surface area contributed by atoms with Crippen LogP contribution in [0.2, 0.25) is 0 Å². The molecule has 2 aliphatic rings. The molecule has 2 heterocycles. The van der Waals surface area contributed by atoms with Gasteiger partial charge in [0.1, 0.15) is 0 Å². The summed E-state index contributed by atoms with van der Waals surface area (Å²) in [6.45, 7) is 7.09. The molecule has 0 saturated carbocycles. The van der Waals surface area contributed by atoms with Gasteiger partial charge in [-0.05, 0) is 17.9 Å². The van der Waals surface area contributed by atoms with Crippen molar-refractivity contribution in [2.45, 2.75) is 25.9 Å². The van der Waals surface area contributed by atoms with Gasteiger partial charge in [0.05, 0.1) is 13.1 Å². The summed E-state index contributed by atoms with van der Waals surface area (Å²) >= 11 is 0. The van der Waals surface area contributed by atoms with Gasteiger partial charge in [-0.15, -0.1) is 0 Å². The van der Waals surface area contributed by atoms with Crippen molar-refractivity contribution in [2.24, 2.45) is 5.92 Å². The third-order valence-corrected chi connectivity index (χ3v) is 5.60. The molecule has 0 spiro atoms. The van der Waals surface area contributed by atoms with E-state index in [1.165, 1.54) is 5.56 Å². The van der Waals surface area contributed by atoms with Crippen LogP contribution < -0.4 is 5.32 Å². The number of nitrogens with zero attached hydrogens (tertiary/aromatic N) is 3. The largest absolute Gasteiger partial charge is 0.341 e. The van der Waals surface area contributed by atoms with Crippen LogP contribution in [-0.4, -0.2) is 78.9 Å². The van der Waals surface area contributed by atoms with E-state index in [-0.39, 0.29) is 24.4 Å². The Kier molecular flexibility index (Phi) is 6.27. The second kappa shape index (κ2) is 8.64. The van der Waals surface area contributed by atoms with Crippen molar-refractivity contribution < 1.29 is 9.59 Å². The highest BCUT2D eigenvalue weighted by Crippen LogP contribution is 2.23. The van der Waals surface area contributed by atoms with Crippen LogP contribution in [0.3, 0.4) is 0 Å². The van der Waals surface area contributed by atoms with Gasteiger partial charge in [-0.3, -0.25) is 14.5 Å². The van der Waals surface area contributed by atoms with Crippen molar-refractivity contribution in [1.29, 1.82) is 0 Å². The van der Waals surface area contributed by atoms with E-state index >= 15 is 0 Å². The minimum absolute atomic E-state index is 0.0173. The maximum absolute atomic E-state index is 12.7. The molecule has 2 aliphatic heterocycles. The molecule has 0 unspecified atom stereocenters. The van der Waals surface area contributed by atoms with Crippen molar-refractivity contribution >= 4 is 11.8 Å². The summed E-state index contributed by atoms with van der Waals surface area (Å²) in [5.41, 5.74) is 1.33. The summed E-state index contributed by atoms with van der Waals surface area (Å²) in [5.74, 6) is 0.484. The van der Waals surface area contributed by atoms with Crippen LogP contribution in [-0.2, 0) is 16.1 Å². The highest BCUT2D eigenvalue weighted by Gasteiger charge is 2.32. The van der Waals surface area contributed by atoms with Gasteiger partial charge in [0, 0.05) is 45.8 Å². The standard InChI is InChI=1S/C20H30N4O2/c1-16-13-23(14-17-6-4-3-5-7-17)10-8-18(16)22(2)20(26)15-24-11-9-21-12-19(24)25/h3-7,16,18,21H,8-15H2,1-2H3/t16-,18+/m1/s1. The first-order valence-corrected chi connectivity index (χ1v) is 9.55. The van der Waals surface area contributed by atoms with Crippen LogP contribution in [0.4, 0.5) is 0 Å². The van der Waals surface area contributed by atoms with E-state index in [1.807, 2.05) is 18.0 Å². The summed E-state index contributed by atoms with van der Waals surface area (Å²) in [7, 11) is 1.89. The van der Waals surface area contributed by atoms with E-state index in [1.54, 1.807) is 4.90 Å². The predicted octanol–water partition coefficient (Wildman–Crippen LogP) is 0.787. The first-order valence-electron chi connectivity index (χ1n) is 9.55. The second-order valence-corrected chi connectivity index (χ2v) is 7.55. The summed E-state index contributed by atoms with van der Waals surface area (Å²) in [6, 6.07) is 10.8. The van der Waals surface area contributed by atoms with Crippen molar-refractivity contribution in [1.82, 2.24) is 20.0 Å². The lowest BCUT2D eigenvalue weighted by molar-refractivity contribution is -0.142. The first-order chi connectivity index (χ1) is 12.5. The van der Waals surface area contributed by atoms with Gasteiger partial charge in [-0.2, -0.15) is 0 Å². The normalized spacial score (nSPS) is 24.5. The molecule has 142 valence electrons. The monoisotopic (exact) mass is 358 g/mol. The molecule has 0 radical (unpaired) electrons. The van der Waals surface area contributed by atoms with Gasteiger partial charge < -0.3 is 15.1 Å². The predicted molar refractivity (Wildman–Crippen MR) is 102 cm³/mol. The van der Waals surface area contributed by atoms with E-state index in [0.717, 1.165) is 32.6 Å². The summed E-state index contributed by atoms with van der Waals surface area (Å²) in [4.78, 5) is 30.6. The molecule has 6 heteroatoms. The lowest BCUT2D eigenvalue weighted by Gasteiger charge is -2.42. The number of piperazine rings is 1. The molecule has 2 atom stereocenters. The van der Waals surface area contributed by atoms with E-state index in [0.29, 0.717) is 19.0 Å². The van der Waals surface area contributed by atoms with Gasteiger partial charge in [-0.25, -0.2) is 0 Å². The van der Waals surface area contributed by atoms with Gasteiger partial charge >= 0.3 is 0 Å². The number of benzene rings is 1. The highest BCUT2D eigenvalue weighted by molar-refractivity contribution is 5.86. The minimum Gasteiger partial charge on any atom is -0.341 e. The molecular formula is C20H30N4O2. The smallest absolute Gasteiger partial charge is 0.242 e. The van der Waals surface area contributed by atoms with E-state index in [9.17, 15) is 9.59 Å². The molecule has 1 aromatic rings. The molecule has 1 aromatic carbocycles. The molecule has 0 aliphatic carbocycles. The maximum atomic E-state index is 12.7. The fraction of sp³-hybridized carbons (Fsp3) is 0.600. The van der Waals surface area contributed by atoms with E-state index in [4.69, 9.17) is 0 Å². The number of hydrogen-bond acceptors (Lipinski definition) is 4. The Morgan fingerprint density at radius 2 is 2.04 bits per heavy atom. The third kappa shape index (κ3) is 4.62. The van der Waals surface area contributed by atoms with Crippen molar-refractivity contribution in [3.05, 3.63) is 35.9 Å². The van der Waals surface area contributed by atoms with Crippen LogP contribution in [0.1, 0.15) is 18.9 Å². The van der Waals surface area contributed by atoms with E-state index < -0.39 is 0 Å². The number of hydrogen-bond donors (Lipinski definition) is 1. The summed E-state index contributed by atoms with van der Waals surface area (Å²) in [5, 5.41) is 3.04. The molecule has 3 rings (SSSR count). The van der Waals surface area contributed by atoms with Crippen molar-refractivity contribution in [3.63, 3.8) is 0 Å². The van der Waals surface area contributed by atoms with Gasteiger partial charge in [-0.1, -0.05) is 37.3 Å². The summed E-state index contributed by atoms with van der Waals surface area (Å²) < 4.78 is 0. The maximum Gasteiger partial charge on any atom is 0.242 e. The van der Waals surface area contributed by atoms with Crippen LogP contribution in [0.25, 0.3) is 0 Å². The molecule has 0 aromatic heterocycles. The molecule has 2 fully saturated rings. The van der Waals surface area contributed by atoms with Crippen molar-refractivity contribution in [2.75, 3.05) is 46.3 Å². The minimum atomic E-state index is 0.0173. The van der Waals surface area contributed by atoms with Crippen LogP contribution in [0.5, 0.6) is 0 Å². The first kappa shape index (κ1) is 18.9. The number of piperidine rings is 1. The second-order valence-electron chi connectivity index (χ2n) is 7.55. The van der Waals surface area contributed by atoms with Gasteiger partial charge in [0.25, 0.3) is 0 Å². The number of likely N-dealkylation sites (tertiary alicyclic amines) is 1. The third-order valence-electron chi connectivity index (χ3n) is 5.60.